The van der Waals surface area contributed by atoms with E-state index in [-0.39, 0.29) is 25.2 Å². The molecule has 4 aromatic rings. The summed E-state index contributed by atoms with van der Waals surface area (Å²) >= 11 is 0. The molecular formula is C40H41N3O7. The van der Waals surface area contributed by atoms with Crippen molar-refractivity contribution in [3.8, 4) is 34.8 Å². The van der Waals surface area contributed by atoms with Gasteiger partial charge in [0.2, 0.25) is 6.79 Å². The number of methoxy groups -OCH3 is 1. The maximum atomic E-state index is 12.6. The molecule has 0 saturated carbocycles. The van der Waals surface area contributed by atoms with Gasteiger partial charge >= 0.3 is 0 Å². The summed E-state index contributed by atoms with van der Waals surface area (Å²) in [6.45, 7) is 4.63. The maximum absolute atomic E-state index is 12.6. The van der Waals surface area contributed by atoms with E-state index in [1.807, 2.05) is 74.6 Å². The molecule has 0 spiro atoms. The third-order valence-corrected chi connectivity index (χ3v) is 10.9. The van der Waals surface area contributed by atoms with E-state index in [0.29, 0.717) is 59.3 Å². The maximum Gasteiger partial charge on any atom is 0.231 e. The lowest BCUT2D eigenvalue weighted by Crippen LogP contribution is -2.69. The van der Waals surface area contributed by atoms with E-state index in [0.717, 1.165) is 27.8 Å². The van der Waals surface area contributed by atoms with E-state index in [1.54, 1.807) is 14.0 Å². The lowest BCUT2D eigenvalue weighted by molar-refractivity contribution is -0.132. The zero-order valence-corrected chi connectivity index (χ0v) is 28.6. The van der Waals surface area contributed by atoms with Crippen LogP contribution in [0.15, 0.2) is 66.7 Å². The van der Waals surface area contributed by atoms with Crippen LogP contribution in [-0.2, 0) is 24.4 Å². The number of fused-ring (bicyclic) bond motifs is 9. The molecule has 1 fully saturated rings. The van der Waals surface area contributed by atoms with Crippen LogP contribution in [0.5, 0.6) is 28.7 Å². The van der Waals surface area contributed by atoms with Crippen molar-refractivity contribution in [3.63, 3.8) is 0 Å². The second-order valence-electron chi connectivity index (χ2n) is 13.6. The minimum absolute atomic E-state index is 0.00646. The molecule has 0 aliphatic carbocycles. The highest BCUT2D eigenvalue weighted by Gasteiger charge is 2.59. The normalized spacial score (nSPS) is 24.9. The number of nitrogens with zero attached hydrogens (tertiary/aromatic N) is 3. The summed E-state index contributed by atoms with van der Waals surface area (Å²) in [4.78, 5) is 4.31. The number of aryl methyl sites for hydroxylation is 1. The Kier molecular flexibility index (Phi) is 8.32. The number of aliphatic hydroxyl groups is 1. The van der Waals surface area contributed by atoms with Crippen LogP contribution >= 0.6 is 0 Å². The lowest BCUT2D eigenvalue weighted by atomic mass is 9.70. The van der Waals surface area contributed by atoms with Gasteiger partial charge in [-0.2, -0.15) is 5.26 Å². The number of phenols is 1. The molecule has 10 nitrogen and oxygen atoms in total. The number of piperazine rings is 1. The number of hydrogen-bond donors (Lipinski definition) is 2. The van der Waals surface area contributed by atoms with Gasteiger partial charge in [0.05, 0.1) is 44.5 Å². The molecule has 0 aromatic heterocycles. The van der Waals surface area contributed by atoms with Crippen molar-refractivity contribution >= 4 is 0 Å². The van der Waals surface area contributed by atoms with E-state index in [1.165, 1.54) is 0 Å². The highest BCUT2D eigenvalue weighted by Crippen LogP contribution is 2.61. The SMILES string of the molecule is COc1c(C)cc2c(c1OCc1ccccc1)[C@@H]1[C@H]3C(O)c4c(O)c(C)c5c(c4[C@H](COCc4ccccc4)N3[C@@H](C#N)[C@H](C2)N1C)OCO5. The van der Waals surface area contributed by atoms with E-state index >= 15 is 0 Å². The average Bonchev–Trinajstić information content (AvgIpc) is 3.62. The predicted octanol–water partition coefficient (Wildman–Crippen LogP) is 5.80. The van der Waals surface area contributed by atoms with Crippen LogP contribution in [0.1, 0.15) is 62.7 Å². The van der Waals surface area contributed by atoms with Crippen molar-refractivity contribution in [3.05, 3.63) is 111 Å². The zero-order chi connectivity index (χ0) is 34.7. The van der Waals surface area contributed by atoms with E-state index in [9.17, 15) is 15.5 Å². The summed E-state index contributed by atoms with van der Waals surface area (Å²) in [6.07, 6.45) is -0.610. The number of rotatable bonds is 8. The summed E-state index contributed by atoms with van der Waals surface area (Å²) in [6, 6.07) is 22.2. The Hall–Kier alpha value is -4.79. The Morgan fingerprint density at radius 3 is 2.28 bits per heavy atom. The molecule has 6 atom stereocenters. The molecule has 2 bridgehead atoms. The molecule has 258 valence electrons. The largest absolute Gasteiger partial charge is 0.507 e. The van der Waals surface area contributed by atoms with Crippen molar-refractivity contribution in [1.82, 2.24) is 9.80 Å². The molecule has 4 aromatic carbocycles. The number of ether oxygens (including phenoxy) is 5. The van der Waals surface area contributed by atoms with Crippen LogP contribution < -0.4 is 18.9 Å². The standard InChI is InChI=1S/C40H41N3O7/c1-22-15-26-16-27-28(17-41)43-29(20-47-18-24-11-7-5-8-12-24)31-32(35(44)23(2)38-40(31)50-21-49-38)36(45)34(43)33(42(27)3)30(26)39(37(22)46-4)48-19-25-13-9-6-10-14-25/h5-15,27-29,33-34,36,44-45H,16,18-21H2,1-4H3/t27-,28-,29-,33+,34-,36?/m0/s1. The van der Waals surface area contributed by atoms with Crippen LogP contribution in [0.4, 0.5) is 0 Å². The van der Waals surface area contributed by atoms with Gasteiger partial charge < -0.3 is 33.9 Å². The first-order valence-electron chi connectivity index (χ1n) is 17.0. The van der Waals surface area contributed by atoms with E-state index < -0.39 is 30.3 Å². The number of nitriles is 1. The number of likely N-dealkylation sites (N-methyl/N-ethyl adjacent to an activating group) is 1. The molecule has 8 rings (SSSR count). The predicted molar refractivity (Wildman–Crippen MR) is 184 cm³/mol. The molecular weight excluding hydrogens is 634 g/mol. The summed E-state index contributed by atoms with van der Waals surface area (Å²) < 4.78 is 31.1. The number of phenolic OH excluding ortho intramolecular Hbond substituents is 1. The number of benzene rings is 4. The fraction of sp³-hybridized carbons (Fsp3) is 0.375. The lowest BCUT2D eigenvalue weighted by Gasteiger charge is -2.61. The van der Waals surface area contributed by atoms with Crippen molar-refractivity contribution in [2.75, 3.05) is 27.6 Å². The summed E-state index contributed by atoms with van der Waals surface area (Å²) in [7, 11) is 3.66. The fourth-order valence-electron chi connectivity index (χ4n) is 8.73. The van der Waals surface area contributed by atoms with Crippen LogP contribution in [0.3, 0.4) is 0 Å². The molecule has 10 heteroatoms. The third-order valence-electron chi connectivity index (χ3n) is 10.9. The zero-order valence-electron chi connectivity index (χ0n) is 28.6. The van der Waals surface area contributed by atoms with Gasteiger partial charge in [-0.1, -0.05) is 66.7 Å². The molecule has 4 heterocycles. The summed E-state index contributed by atoms with van der Waals surface area (Å²) in [5.74, 6) is 2.14. The number of aliphatic hydroxyl groups excluding tert-OH is 1. The van der Waals surface area contributed by atoms with Crippen molar-refractivity contribution in [2.24, 2.45) is 0 Å². The Labute approximate surface area is 291 Å². The molecule has 0 amide bonds. The van der Waals surface area contributed by atoms with Crippen molar-refractivity contribution in [1.29, 1.82) is 5.26 Å². The molecule has 0 radical (unpaired) electrons. The van der Waals surface area contributed by atoms with E-state index in [4.69, 9.17) is 23.7 Å². The van der Waals surface area contributed by atoms with Crippen LogP contribution in [0.25, 0.3) is 0 Å². The molecule has 1 unspecified atom stereocenters. The molecule has 50 heavy (non-hydrogen) atoms. The number of aromatic hydroxyl groups is 1. The van der Waals surface area contributed by atoms with Gasteiger partial charge in [0.15, 0.2) is 23.0 Å². The van der Waals surface area contributed by atoms with Crippen LogP contribution in [0, 0.1) is 25.2 Å². The Morgan fingerprint density at radius 1 is 0.920 bits per heavy atom. The summed E-state index contributed by atoms with van der Waals surface area (Å²) in [5.41, 5.74) is 6.41. The number of hydrogen-bond acceptors (Lipinski definition) is 10. The second-order valence-corrected chi connectivity index (χ2v) is 13.6. The minimum Gasteiger partial charge on any atom is -0.507 e. The van der Waals surface area contributed by atoms with Crippen molar-refractivity contribution < 1.29 is 33.9 Å². The average molecular weight is 676 g/mol. The van der Waals surface area contributed by atoms with Gasteiger partial charge in [0.1, 0.15) is 24.5 Å². The van der Waals surface area contributed by atoms with E-state index in [2.05, 4.69) is 21.9 Å². The van der Waals surface area contributed by atoms with Gasteiger partial charge in [-0.3, -0.25) is 9.80 Å². The van der Waals surface area contributed by atoms with Crippen LogP contribution in [0.2, 0.25) is 0 Å². The fourth-order valence-corrected chi connectivity index (χ4v) is 8.73. The summed E-state index contributed by atoms with van der Waals surface area (Å²) in [5, 5.41) is 35.4. The first-order chi connectivity index (χ1) is 24.3. The monoisotopic (exact) mass is 675 g/mol. The molecule has 4 aliphatic rings. The molecule has 4 aliphatic heterocycles. The van der Waals surface area contributed by atoms with Crippen molar-refractivity contribution in [2.45, 2.75) is 69.8 Å². The minimum atomic E-state index is -1.20. The molecule has 2 N–H and O–H groups in total. The van der Waals surface area contributed by atoms with Gasteiger partial charge in [-0.15, -0.1) is 0 Å². The highest BCUT2D eigenvalue weighted by atomic mass is 16.7. The Morgan fingerprint density at radius 2 is 1.60 bits per heavy atom. The van der Waals surface area contributed by atoms with Gasteiger partial charge in [0.25, 0.3) is 0 Å². The van der Waals surface area contributed by atoms with Crippen LogP contribution in [-0.4, -0.2) is 65.7 Å². The quantitative estimate of drug-likeness (QED) is 0.237. The van der Waals surface area contributed by atoms with Gasteiger partial charge in [-0.25, -0.2) is 0 Å². The third kappa shape index (κ3) is 4.99. The van der Waals surface area contributed by atoms with Gasteiger partial charge in [-0.05, 0) is 49.6 Å². The second kappa shape index (κ2) is 12.8. The highest BCUT2D eigenvalue weighted by molar-refractivity contribution is 5.67. The smallest absolute Gasteiger partial charge is 0.231 e. The topological polar surface area (TPSA) is 117 Å². The first kappa shape index (κ1) is 32.4. The molecule has 1 saturated heterocycles. The Bertz CT molecular complexity index is 1960. The van der Waals surface area contributed by atoms with Gasteiger partial charge in [0, 0.05) is 28.3 Å². The Balaban J connectivity index is 1.30. The first-order valence-corrected chi connectivity index (χ1v) is 17.0.